The molecular formula is C44H53N7O7. The van der Waals surface area contributed by atoms with Crippen LogP contribution in [0.4, 0.5) is 9.59 Å². The van der Waals surface area contributed by atoms with Crippen LogP contribution in [0, 0.1) is 17.8 Å². The van der Waals surface area contributed by atoms with Crippen LogP contribution in [-0.4, -0.2) is 93.4 Å². The summed E-state index contributed by atoms with van der Waals surface area (Å²) < 4.78 is 22.5. The van der Waals surface area contributed by atoms with Crippen molar-refractivity contribution >= 4 is 39.9 Å². The first kappa shape index (κ1) is 39.2. The fourth-order valence-electron chi connectivity index (χ4n) is 8.77. The van der Waals surface area contributed by atoms with E-state index in [2.05, 4.69) is 58.6 Å². The molecule has 2 aromatic heterocycles. The number of methoxy groups -OCH3 is 2. The van der Waals surface area contributed by atoms with Crippen molar-refractivity contribution in [1.29, 1.82) is 0 Å². The van der Waals surface area contributed by atoms with Crippen molar-refractivity contribution in [2.75, 3.05) is 33.9 Å². The molecule has 2 fully saturated rings. The van der Waals surface area contributed by atoms with Crippen molar-refractivity contribution in [2.24, 2.45) is 17.8 Å². The van der Waals surface area contributed by atoms with E-state index in [-0.39, 0.29) is 41.8 Å². The number of likely N-dealkylation sites (tertiary alicyclic amines) is 2. The summed E-state index contributed by atoms with van der Waals surface area (Å²) >= 11 is 0. The molecule has 5 aromatic rings. The van der Waals surface area contributed by atoms with Gasteiger partial charge < -0.3 is 39.1 Å². The lowest BCUT2D eigenvalue weighted by Crippen LogP contribution is -2.51. The Kier molecular flexibility index (Phi) is 10.3. The number of fused-ring (bicyclic) bond motifs is 6. The summed E-state index contributed by atoms with van der Waals surface area (Å²) in [7, 11) is 2.98. The van der Waals surface area contributed by atoms with Crippen LogP contribution in [0.3, 0.4) is 0 Å². The molecule has 0 radical (unpaired) electrons. The summed E-state index contributed by atoms with van der Waals surface area (Å²) in [6.07, 6.45) is 2.32. The van der Waals surface area contributed by atoms with E-state index in [4.69, 9.17) is 28.9 Å². The number of aromatic amines is 2. The monoisotopic (exact) mass is 791 g/mol. The second kappa shape index (κ2) is 15.3. The third-order valence-corrected chi connectivity index (χ3v) is 11.5. The molecule has 5 atom stereocenters. The smallest absolute Gasteiger partial charge is 0.410 e. The van der Waals surface area contributed by atoms with Gasteiger partial charge in [0.05, 0.1) is 48.7 Å². The zero-order valence-corrected chi connectivity index (χ0v) is 34.5. The first-order valence-electron chi connectivity index (χ1n) is 20.1. The molecule has 5 heterocycles. The van der Waals surface area contributed by atoms with Gasteiger partial charge in [0.2, 0.25) is 5.91 Å². The predicted molar refractivity (Wildman–Crippen MR) is 219 cm³/mol. The average Bonchev–Trinajstić information content (AvgIpc) is 4.00. The van der Waals surface area contributed by atoms with Crippen molar-refractivity contribution < 1.29 is 33.3 Å². The van der Waals surface area contributed by atoms with Crippen LogP contribution in [0.25, 0.3) is 44.2 Å². The number of aromatic nitrogens is 4. The van der Waals surface area contributed by atoms with Gasteiger partial charge in [0.15, 0.2) is 0 Å². The SMILES string of the molecule is COC[C@H]1C[C@@H](c2nc3c(ccc4cc5c(cc43)OCc3cc(-c4cnc(C6C[C@H](C)CN6C(=O)[C@@H](NC(=O)OC)C(C)C)[nH]4)ccc3-5)[nH]2)N(C(=O)OC(C)(C)C)C1. The molecule has 58 heavy (non-hydrogen) atoms. The number of benzene rings is 3. The number of carbonyl (C=O) groups excluding carboxylic acids is 3. The molecule has 2 saturated heterocycles. The van der Waals surface area contributed by atoms with E-state index >= 15 is 0 Å². The van der Waals surface area contributed by atoms with Gasteiger partial charge in [-0.3, -0.25) is 9.69 Å². The quantitative estimate of drug-likeness (QED) is 0.142. The number of carbonyl (C=O) groups is 3. The Balaban J connectivity index is 1.05. The highest BCUT2D eigenvalue weighted by molar-refractivity contribution is 6.07. The third kappa shape index (κ3) is 7.45. The molecule has 3 amide bonds. The molecule has 0 saturated carbocycles. The van der Waals surface area contributed by atoms with Gasteiger partial charge >= 0.3 is 12.2 Å². The normalized spacial score (nSPS) is 20.9. The molecule has 0 spiro atoms. The third-order valence-electron chi connectivity index (χ3n) is 11.5. The van der Waals surface area contributed by atoms with Crippen LogP contribution in [0.5, 0.6) is 5.75 Å². The zero-order valence-electron chi connectivity index (χ0n) is 34.5. The van der Waals surface area contributed by atoms with Crippen LogP contribution < -0.4 is 10.1 Å². The van der Waals surface area contributed by atoms with Crippen LogP contribution >= 0.6 is 0 Å². The van der Waals surface area contributed by atoms with Gasteiger partial charge in [-0.15, -0.1) is 0 Å². The minimum Gasteiger partial charge on any atom is -0.488 e. The maximum absolute atomic E-state index is 13.8. The second-order valence-corrected chi connectivity index (χ2v) is 17.4. The summed E-state index contributed by atoms with van der Waals surface area (Å²) in [4.78, 5) is 59.7. The lowest BCUT2D eigenvalue weighted by Gasteiger charge is -2.30. The topological polar surface area (TPSA) is 164 Å². The molecule has 3 aromatic carbocycles. The Morgan fingerprint density at radius 1 is 0.966 bits per heavy atom. The van der Waals surface area contributed by atoms with Gasteiger partial charge in [0.1, 0.15) is 35.6 Å². The average molecular weight is 792 g/mol. The molecule has 0 bridgehead atoms. The summed E-state index contributed by atoms with van der Waals surface area (Å²) in [5.41, 5.74) is 6.06. The predicted octanol–water partition coefficient (Wildman–Crippen LogP) is 7.90. The van der Waals surface area contributed by atoms with Crippen LogP contribution in [-0.2, 0) is 25.6 Å². The van der Waals surface area contributed by atoms with E-state index in [0.29, 0.717) is 32.1 Å². The highest BCUT2D eigenvalue weighted by Gasteiger charge is 2.41. The zero-order chi connectivity index (χ0) is 41.0. The minimum atomic E-state index is -0.707. The molecular weight excluding hydrogens is 739 g/mol. The maximum atomic E-state index is 13.8. The van der Waals surface area contributed by atoms with Gasteiger partial charge in [-0.2, -0.15) is 0 Å². The number of nitrogens with zero attached hydrogens (tertiary/aromatic N) is 4. The number of nitrogens with one attached hydrogen (secondary N) is 3. The van der Waals surface area contributed by atoms with E-state index in [0.717, 1.165) is 74.2 Å². The van der Waals surface area contributed by atoms with Crippen molar-refractivity contribution in [2.45, 2.75) is 84.7 Å². The standard InChI is InChI=1S/C44H53N7O7/c1-23(2)37(49-42(53)56-8)41(52)50-19-24(3)13-34(50)39-45-18-33(47-39)27-9-11-29-28(15-27)22-57-36-17-30-26(16-31(29)36)10-12-32-38(30)48-40(46-32)35-14-25(21-55-7)20-51(35)43(54)58-44(4,5)6/h9-12,15-18,23-25,34-35,37H,13-14,19-22H2,1-8H3,(H,45,47)(H,46,48)(H,49,53)/t24-,25-,34?,35-,37-/m0/s1. The molecule has 14 nitrogen and oxygen atoms in total. The number of rotatable bonds is 8. The molecule has 306 valence electrons. The van der Waals surface area contributed by atoms with E-state index in [9.17, 15) is 14.4 Å². The number of ether oxygens (including phenoxy) is 4. The number of imidazole rings is 2. The Morgan fingerprint density at radius 2 is 1.76 bits per heavy atom. The van der Waals surface area contributed by atoms with Gasteiger partial charge in [0.25, 0.3) is 0 Å². The molecule has 3 aliphatic heterocycles. The number of H-pyrrole nitrogens is 2. The lowest BCUT2D eigenvalue weighted by molar-refractivity contribution is -0.135. The van der Waals surface area contributed by atoms with Crippen molar-refractivity contribution in [3.8, 4) is 28.1 Å². The number of hydrogen-bond donors (Lipinski definition) is 3. The van der Waals surface area contributed by atoms with E-state index < -0.39 is 17.7 Å². The maximum Gasteiger partial charge on any atom is 0.410 e. The first-order valence-corrected chi connectivity index (χ1v) is 20.1. The van der Waals surface area contributed by atoms with E-state index in [1.165, 1.54) is 7.11 Å². The largest absolute Gasteiger partial charge is 0.488 e. The summed E-state index contributed by atoms with van der Waals surface area (Å²) in [6, 6.07) is 13.5. The van der Waals surface area contributed by atoms with Gasteiger partial charge in [0, 0.05) is 37.1 Å². The molecule has 3 N–H and O–H groups in total. The molecule has 8 rings (SSSR count). The van der Waals surface area contributed by atoms with Crippen LogP contribution in [0.2, 0.25) is 0 Å². The molecule has 0 aliphatic carbocycles. The fraction of sp³-hybridized carbons (Fsp3) is 0.477. The van der Waals surface area contributed by atoms with Crippen molar-refractivity contribution in [3.63, 3.8) is 0 Å². The van der Waals surface area contributed by atoms with E-state index in [1.807, 2.05) is 51.8 Å². The Hall–Kier alpha value is -5.63. The minimum absolute atomic E-state index is 0.120. The molecule has 3 aliphatic rings. The van der Waals surface area contributed by atoms with E-state index in [1.54, 1.807) is 12.0 Å². The summed E-state index contributed by atoms with van der Waals surface area (Å²) in [5.74, 6) is 2.40. The van der Waals surface area contributed by atoms with Crippen LogP contribution in [0.15, 0.2) is 48.7 Å². The summed E-state index contributed by atoms with van der Waals surface area (Å²) in [6.45, 7) is 13.6. The summed E-state index contributed by atoms with van der Waals surface area (Å²) in [5, 5.41) is 4.72. The fourth-order valence-corrected chi connectivity index (χ4v) is 8.77. The Morgan fingerprint density at radius 3 is 2.50 bits per heavy atom. The number of amides is 3. The molecule has 14 heteroatoms. The highest BCUT2D eigenvalue weighted by Crippen LogP contribution is 2.44. The van der Waals surface area contributed by atoms with Crippen molar-refractivity contribution in [1.82, 2.24) is 35.1 Å². The lowest BCUT2D eigenvalue weighted by atomic mass is 9.92. The Labute approximate surface area is 338 Å². The second-order valence-electron chi connectivity index (χ2n) is 17.4. The molecule has 1 unspecified atom stereocenters. The first-order chi connectivity index (χ1) is 27.7. The highest BCUT2D eigenvalue weighted by atomic mass is 16.6. The number of hydrogen-bond acceptors (Lipinski definition) is 9. The van der Waals surface area contributed by atoms with Crippen molar-refractivity contribution in [3.05, 3.63) is 65.9 Å². The Bertz CT molecular complexity index is 2380. The van der Waals surface area contributed by atoms with Gasteiger partial charge in [-0.05, 0) is 91.8 Å². The van der Waals surface area contributed by atoms with Gasteiger partial charge in [-0.25, -0.2) is 19.6 Å². The number of alkyl carbamates (subject to hydrolysis) is 1. The van der Waals surface area contributed by atoms with Gasteiger partial charge in [-0.1, -0.05) is 39.0 Å². The van der Waals surface area contributed by atoms with Crippen LogP contribution in [0.1, 0.15) is 83.7 Å².